The Balaban J connectivity index is 2.39. The Bertz CT molecular complexity index is 149. The van der Waals surface area contributed by atoms with Crippen LogP contribution in [0.15, 0.2) is 0 Å². The van der Waals surface area contributed by atoms with E-state index >= 15 is 0 Å². The van der Waals surface area contributed by atoms with Crippen LogP contribution in [-0.2, 0) is 14.3 Å². The fraction of sp³-hybridized carbons (Fsp3) is 0.857. The van der Waals surface area contributed by atoms with Gasteiger partial charge in [-0.2, -0.15) is 0 Å². The van der Waals surface area contributed by atoms with E-state index in [1.807, 2.05) is 0 Å². The van der Waals surface area contributed by atoms with Crippen LogP contribution < -0.4 is 0 Å². The fourth-order valence-corrected chi connectivity index (χ4v) is 1.08. The van der Waals surface area contributed by atoms with Gasteiger partial charge in [0.2, 0.25) is 0 Å². The predicted molar refractivity (Wildman–Crippen MR) is 37.0 cm³/mol. The van der Waals surface area contributed by atoms with Crippen molar-refractivity contribution in [1.29, 1.82) is 0 Å². The summed E-state index contributed by atoms with van der Waals surface area (Å²) in [5, 5.41) is 9.57. The van der Waals surface area contributed by atoms with E-state index in [1.54, 1.807) is 0 Å². The summed E-state index contributed by atoms with van der Waals surface area (Å²) >= 11 is 0. The maximum Gasteiger partial charge on any atom is 0.308 e. The number of carbonyl (C=O) groups excluding carboxylic acids is 1. The monoisotopic (exact) mass is 160 g/mol. The van der Waals surface area contributed by atoms with Crippen molar-refractivity contribution in [2.24, 2.45) is 0 Å². The molecule has 64 valence electrons. The molecule has 0 radical (unpaired) electrons. The number of hydrogen-bond donors (Lipinski definition) is 1. The lowest BCUT2D eigenvalue weighted by Crippen LogP contribution is -2.32. The van der Waals surface area contributed by atoms with Crippen LogP contribution in [0.5, 0.6) is 0 Å². The number of methoxy groups -OCH3 is 1. The van der Waals surface area contributed by atoms with Gasteiger partial charge in [0.1, 0.15) is 5.60 Å². The molecule has 0 aromatic carbocycles. The topological polar surface area (TPSA) is 55.8 Å². The Morgan fingerprint density at radius 2 is 2.55 bits per heavy atom. The minimum absolute atomic E-state index is 0.0312. The maximum absolute atomic E-state index is 10.7. The van der Waals surface area contributed by atoms with Crippen LogP contribution in [0.25, 0.3) is 0 Å². The van der Waals surface area contributed by atoms with Gasteiger partial charge in [-0.25, -0.2) is 0 Å². The minimum Gasteiger partial charge on any atom is -0.469 e. The van der Waals surface area contributed by atoms with Crippen LogP contribution in [0.1, 0.15) is 12.8 Å². The summed E-state index contributed by atoms with van der Waals surface area (Å²) in [6, 6.07) is 0. The van der Waals surface area contributed by atoms with Crippen molar-refractivity contribution in [3.8, 4) is 0 Å². The fourth-order valence-electron chi connectivity index (χ4n) is 1.08. The van der Waals surface area contributed by atoms with Gasteiger partial charge < -0.3 is 14.6 Å². The first-order valence-corrected chi connectivity index (χ1v) is 3.53. The van der Waals surface area contributed by atoms with E-state index in [9.17, 15) is 9.90 Å². The molecule has 1 unspecified atom stereocenters. The van der Waals surface area contributed by atoms with Crippen LogP contribution >= 0.6 is 0 Å². The van der Waals surface area contributed by atoms with Gasteiger partial charge in [0, 0.05) is 13.0 Å². The van der Waals surface area contributed by atoms with Crippen molar-refractivity contribution < 1.29 is 19.4 Å². The van der Waals surface area contributed by atoms with E-state index in [-0.39, 0.29) is 13.0 Å². The Kier molecular flexibility index (Phi) is 2.46. The molecule has 0 aliphatic carbocycles. The van der Waals surface area contributed by atoms with Crippen LogP contribution in [0, 0.1) is 0 Å². The van der Waals surface area contributed by atoms with E-state index in [1.165, 1.54) is 7.11 Å². The molecule has 1 aliphatic rings. The molecule has 0 aromatic rings. The first-order chi connectivity index (χ1) is 5.16. The lowest BCUT2D eigenvalue weighted by atomic mass is 10.00. The Labute approximate surface area is 65.1 Å². The van der Waals surface area contributed by atoms with Gasteiger partial charge >= 0.3 is 5.97 Å². The Morgan fingerprint density at radius 3 is 3.00 bits per heavy atom. The normalized spacial score (nSPS) is 30.4. The van der Waals surface area contributed by atoms with Crippen molar-refractivity contribution in [3.05, 3.63) is 0 Å². The summed E-state index contributed by atoms with van der Waals surface area (Å²) < 4.78 is 9.37. The van der Waals surface area contributed by atoms with E-state index in [4.69, 9.17) is 4.74 Å². The van der Waals surface area contributed by atoms with E-state index < -0.39 is 11.6 Å². The molecule has 0 saturated carbocycles. The summed E-state index contributed by atoms with van der Waals surface area (Å²) in [6.45, 7) is 0.760. The molecule has 1 fully saturated rings. The quantitative estimate of drug-likeness (QED) is 0.563. The number of hydrogen-bond acceptors (Lipinski definition) is 4. The van der Waals surface area contributed by atoms with E-state index in [0.29, 0.717) is 13.0 Å². The van der Waals surface area contributed by atoms with Crippen LogP contribution in [0.2, 0.25) is 0 Å². The van der Waals surface area contributed by atoms with Crippen LogP contribution in [0.4, 0.5) is 0 Å². The summed E-state index contributed by atoms with van der Waals surface area (Å²) in [6.07, 6.45) is 0.547. The maximum atomic E-state index is 10.7. The average Bonchev–Trinajstić information content (AvgIpc) is 2.36. The Hall–Kier alpha value is -0.610. The molecule has 4 heteroatoms. The van der Waals surface area contributed by atoms with Gasteiger partial charge in [0.05, 0.1) is 20.1 Å². The molecule has 0 amide bonds. The molecule has 1 N–H and O–H groups in total. The summed E-state index contributed by atoms with van der Waals surface area (Å²) in [7, 11) is 1.31. The predicted octanol–water partition coefficient (Wildman–Crippen LogP) is -0.299. The number of esters is 1. The molecule has 1 atom stereocenters. The molecule has 0 aromatic heterocycles. The minimum atomic E-state index is -0.979. The molecule has 0 bridgehead atoms. The highest BCUT2D eigenvalue weighted by Crippen LogP contribution is 2.22. The molecular weight excluding hydrogens is 148 g/mol. The van der Waals surface area contributed by atoms with Crippen molar-refractivity contribution in [3.63, 3.8) is 0 Å². The SMILES string of the molecule is COC(=O)CC1(O)CCOC1. The molecule has 1 heterocycles. The molecule has 1 aliphatic heterocycles. The lowest BCUT2D eigenvalue weighted by Gasteiger charge is -2.17. The van der Waals surface area contributed by atoms with Gasteiger partial charge in [-0.15, -0.1) is 0 Å². The van der Waals surface area contributed by atoms with Crippen molar-refractivity contribution >= 4 is 5.97 Å². The van der Waals surface area contributed by atoms with Crippen LogP contribution in [0.3, 0.4) is 0 Å². The first kappa shape index (κ1) is 8.49. The molecule has 1 saturated heterocycles. The van der Waals surface area contributed by atoms with Gasteiger partial charge in [-0.3, -0.25) is 4.79 Å². The number of ether oxygens (including phenoxy) is 2. The number of carbonyl (C=O) groups is 1. The highest BCUT2D eigenvalue weighted by atomic mass is 16.5. The molecule has 0 spiro atoms. The zero-order valence-electron chi connectivity index (χ0n) is 6.50. The van der Waals surface area contributed by atoms with E-state index in [0.717, 1.165) is 0 Å². The lowest BCUT2D eigenvalue weighted by molar-refractivity contribution is -0.146. The summed E-state index contributed by atoms with van der Waals surface area (Å²) in [5.41, 5.74) is -0.979. The number of rotatable bonds is 2. The molecule has 4 nitrogen and oxygen atoms in total. The third kappa shape index (κ3) is 2.17. The average molecular weight is 160 g/mol. The highest BCUT2D eigenvalue weighted by Gasteiger charge is 2.34. The molecular formula is C7H12O4. The zero-order valence-corrected chi connectivity index (χ0v) is 6.50. The zero-order chi connectivity index (χ0) is 8.32. The third-order valence-electron chi connectivity index (χ3n) is 1.78. The Morgan fingerprint density at radius 1 is 1.82 bits per heavy atom. The van der Waals surface area contributed by atoms with Crippen molar-refractivity contribution in [1.82, 2.24) is 0 Å². The van der Waals surface area contributed by atoms with Gasteiger partial charge in [-0.05, 0) is 0 Å². The second-order valence-corrected chi connectivity index (χ2v) is 2.78. The molecule has 1 rings (SSSR count). The summed E-state index contributed by atoms with van der Waals surface area (Å²) in [5.74, 6) is -0.391. The van der Waals surface area contributed by atoms with Gasteiger partial charge in [-0.1, -0.05) is 0 Å². The van der Waals surface area contributed by atoms with Crippen molar-refractivity contribution in [2.75, 3.05) is 20.3 Å². The molecule has 11 heavy (non-hydrogen) atoms. The van der Waals surface area contributed by atoms with Gasteiger partial charge in [0.25, 0.3) is 0 Å². The second kappa shape index (κ2) is 3.19. The van der Waals surface area contributed by atoms with Gasteiger partial charge in [0.15, 0.2) is 0 Å². The second-order valence-electron chi connectivity index (χ2n) is 2.78. The third-order valence-corrected chi connectivity index (χ3v) is 1.78. The number of aliphatic hydroxyl groups is 1. The highest BCUT2D eigenvalue weighted by molar-refractivity contribution is 5.70. The standard InChI is InChI=1S/C7H12O4/c1-10-6(8)4-7(9)2-3-11-5-7/h9H,2-5H2,1H3. The van der Waals surface area contributed by atoms with Crippen molar-refractivity contribution in [2.45, 2.75) is 18.4 Å². The smallest absolute Gasteiger partial charge is 0.308 e. The largest absolute Gasteiger partial charge is 0.469 e. The van der Waals surface area contributed by atoms with E-state index in [2.05, 4.69) is 4.74 Å². The summed E-state index contributed by atoms with van der Waals surface area (Å²) in [4.78, 5) is 10.7. The van der Waals surface area contributed by atoms with Crippen LogP contribution in [-0.4, -0.2) is 37.0 Å². The first-order valence-electron chi connectivity index (χ1n) is 3.53.